The van der Waals surface area contributed by atoms with Crippen molar-refractivity contribution in [3.05, 3.63) is 34.2 Å². The molecule has 108 valence electrons. The second-order valence-corrected chi connectivity index (χ2v) is 5.78. The molecule has 0 radical (unpaired) electrons. The number of pyridine rings is 1. The maximum Gasteiger partial charge on any atom is 0.270 e. The van der Waals surface area contributed by atoms with Crippen LogP contribution in [-0.4, -0.2) is 40.5 Å². The molecular formula is C15H21N3O2. The van der Waals surface area contributed by atoms with Crippen molar-refractivity contribution >= 4 is 5.91 Å². The van der Waals surface area contributed by atoms with Crippen LogP contribution in [0.4, 0.5) is 0 Å². The predicted octanol–water partition coefficient (Wildman–Crippen LogP) is 1.12. The highest BCUT2D eigenvalue weighted by atomic mass is 16.2. The highest BCUT2D eigenvalue weighted by Gasteiger charge is 2.37. The van der Waals surface area contributed by atoms with Crippen molar-refractivity contribution in [1.82, 2.24) is 15.2 Å². The lowest BCUT2D eigenvalue weighted by Crippen LogP contribution is -2.50. The van der Waals surface area contributed by atoms with Gasteiger partial charge >= 0.3 is 0 Å². The minimum absolute atomic E-state index is 0.0588. The molecule has 5 nitrogen and oxygen atoms in total. The summed E-state index contributed by atoms with van der Waals surface area (Å²) >= 11 is 0. The van der Waals surface area contributed by atoms with E-state index in [2.05, 4.69) is 10.3 Å². The molecule has 2 bridgehead atoms. The lowest BCUT2D eigenvalue weighted by molar-refractivity contribution is 0.0625. The quantitative estimate of drug-likeness (QED) is 0.869. The first-order valence-electron chi connectivity index (χ1n) is 7.43. The molecular weight excluding hydrogens is 254 g/mol. The van der Waals surface area contributed by atoms with Crippen LogP contribution in [0.3, 0.4) is 0 Å². The van der Waals surface area contributed by atoms with Gasteiger partial charge in [-0.2, -0.15) is 0 Å². The van der Waals surface area contributed by atoms with E-state index in [1.54, 1.807) is 12.1 Å². The van der Waals surface area contributed by atoms with Gasteiger partial charge < -0.3 is 15.2 Å². The third-order valence-corrected chi connectivity index (χ3v) is 4.49. The van der Waals surface area contributed by atoms with Crippen LogP contribution in [0.15, 0.2) is 23.0 Å². The first-order chi connectivity index (χ1) is 9.67. The molecule has 2 unspecified atom stereocenters. The van der Waals surface area contributed by atoms with E-state index in [9.17, 15) is 9.59 Å². The van der Waals surface area contributed by atoms with Crippen molar-refractivity contribution in [2.24, 2.45) is 0 Å². The van der Waals surface area contributed by atoms with Crippen molar-refractivity contribution in [3.63, 3.8) is 0 Å². The summed E-state index contributed by atoms with van der Waals surface area (Å²) in [5.74, 6) is -0.0588. The molecule has 2 aliphatic rings. The molecule has 1 aromatic heterocycles. The lowest BCUT2D eigenvalue weighted by Gasteiger charge is -2.37. The maximum absolute atomic E-state index is 12.6. The van der Waals surface area contributed by atoms with Gasteiger partial charge in [0.25, 0.3) is 5.91 Å². The van der Waals surface area contributed by atoms with E-state index in [0.717, 1.165) is 12.8 Å². The zero-order valence-corrected chi connectivity index (χ0v) is 11.8. The Morgan fingerprint density at radius 1 is 1.30 bits per heavy atom. The van der Waals surface area contributed by atoms with E-state index in [1.807, 2.05) is 11.8 Å². The Morgan fingerprint density at radius 2 is 2.00 bits per heavy atom. The Hall–Kier alpha value is -1.62. The first-order valence-corrected chi connectivity index (χ1v) is 7.43. The zero-order valence-electron chi connectivity index (χ0n) is 11.8. The molecule has 20 heavy (non-hydrogen) atoms. The molecule has 2 saturated heterocycles. The van der Waals surface area contributed by atoms with Gasteiger partial charge in [-0.1, -0.05) is 6.07 Å². The van der Waals surface area contributed by atoms with Crippen LogP contribution in [-0.2, 0) is 0 Å². The summed E-state index contributed by atoms with van der Waals surface area (Å²) in [4.78, 5) is 28.5. The van der Waals surface area contributed by atoms with Crippen LogP contribution in [0.5, 0.6) is 0 Å². The van der Waals surface area contributed by atoms with Gasteiger partial charge in [-0.15, -0.1) is 0 Å². The number of H-pyrrole nitrogens is 1. The molecule has 0 spiro atoms. The van der Waals surface area contributed by atoms with Crippen LogP contribution in [0, 0.1) is 0 Å². The molecule has 3 heterocycles. The minimum Gasteiger partial charge on any atom is -0.335 e. The van der Waals surface area contributed by atoms with E-state index in [0.29, 0.717) is 24.3 Å². The van der Waals surface area contributed by atoms with Crippen molar-refractivity contribution in [3.8, 4) is 0 Å². The molecule has 2 fully saturated rings. The Labute approximate surface area is 118 Å². The number of nitrogens with one attached hydrogen (secondary N) is 2. The van der Waals surface area contributed by atoms with Gasteiger partial charge in [0.1, 0.15) is 5.69 Å². The zero-order chi connectivity index (χ0) is 14.1. The van der Waals surface area contributed by atoms with Gasteiger partial charge in [-0.05, 0) is 38.7 Å². The first kappa shape index (κ1) is 13.4. The fourth-order valence-corrected chi connectivity index (χ4v) is 3.58. The van der Waals surface area contributed by atoms with Crippen molar-refractivity contribution in [1.29, 1.82) is 0 Å². The molecule has 0 aliphatic carbocycles. The van der Waals surface area contributed by atoms with Gasteiger partial charge in [-0.3, -0.25) is 9.59 Å². The normalized spacial score (nSPS) is 28.4. The van der Waals surface area contributed by atoms with Crippen molar-refractivity contribution in [2.75, 3.05) is 6.54 Å². The number of hydrogen-bond donors (Lipinski definition) is 2. The van der Waals surface area contributed by atoms with Crippen LogP contribution < -0.4 is 10.9 Å². The fraction of sp³-hybridized carbons (Fsp3) is 0.600. The predicted molar refractivity (Wildman–Crippen MR) is 76.7 cm³/mol. The smallest absolute Gasteiger partial charge is 0.270 e. The number of aromatic amines is 1. The summed E-state index contributed by atoms with van der Waals surface area (Å²) in [6.07, 6.45) is 4.48. The monoisotopic (exact) mass is 275 g/mol. The standard InChI is InChI=1S/C15H21N3O2/c1-2-18(12-8-10-6-7-11(9-12)16-10)15(20)13-4-3-5-14(19)17-13/h3-5,10-12,16H,2,6-9H2,1H3,(H,17,19). The molecule has 3 rings (SSSR count). The number of carbonyl (C=O) groups is 1. The minimum atomic E-state index is -0.225. The second kappa shape index (κ2) is 5.40. The highest BCUT2D eigenvalue weighted by molar-refractivity contribution is 5.92. The Bertz CT molecular complexity index is 542. The summed E-state index contributed by atoms with van der Waals surface area (Å²) in [6, 6.07) is 6.13. The average Bonchev–Trinajstić information content (AvgIpc) is 2.78. The summed E-state index contributed by atoms with van der Waals surface area (Å²) in [5, 5.41) is 3.59. The second-order valence-electron chi connectivity index (χ2n) is 5.78. The third kappa shape index (κ3) is 2.50. The number of hydrogen-bond acceptors (Lipinski definition) is 3. The number of carbonyl (C=O) groups excluding carboxylic acids is 1. The van der Waals surface area contributed by atoms with Gasteiger partial charge in [0, 0.05) is 30.7 Å². The van der Waals surface area contributed by atoms with E-state index in [1.165, 1.54) is 18.9 Å². The van der Waals surface area contributed by atoms with Gasteiger partial charge in [-0.25, -0.2) is 0 Å². The molecule has 1 amide bonds. The topological polar surface area (TPSA) is 65.2 Å². The molecule has 2 atom stereocenters. The molecule has 2 N–H and O–H groups in total. The van der Waals surface area contributed by atoms with Gasteiger partial charge in [0.2, 0.25) is 5.56 Å². The van der Waals surface area contributed by atoms with Crippen LogP contribution in [0.1, 0.15) is 43.1 Å². The van der Waals surface area contributed by atoms with E-state index in [-0.39, 0.29) is 17.5 Å². The van der Waals surface area contributed by atoms with Crippen LogP contribution >= 0.6 is 0 Å². The van der Waals surface area contributed by atoms with E-state index >= 15 is 0 Å². The van der Waals surface area contributed by atoms with Crippen LogP contribution in [0.2, 0.25) is 0 Å². The van der Waals surface area contributed by atoms with E-state index < -0.39 is 0 Å². The Balaban J connectivity index is 1.79. The molecule has 0 saturated carbocycles. The van der Waals surface area contributed by atoms with Crippen molar-refractivity contribution < 1.29 is 4.79 Å². The summed E-state index contributed by atoms with van der Waals surface area (Å²) in [6.45, 7) is 2.68. The maximum atomic E-state index is 12.6. The van der Waals surface area contributed by atoms with Crippen molar-refractivity contribution in [2.45, 2.75) is 50.7 Å². The molecule has 5 heteroatoms. The average molecular weight is 275 g/mol. The largest absolute Gasteiger partial charge is 0.335 e. The number of piperidine rings is 1. The molecule has 1 aromatic rings. The summed E-state index contributed by atoms with van der Waals surface area (Å²) < 4.78 is 0. The SMILES string of the molecule is CCN(C(=O)c1cccc(=O)[nH]1)C1CC2CCC(C1)N2. The van der Waals surface area contributed by atoms with Gasteiger partial charge in [0.15, 0.2) is 0 Å². The number of amides is 1. The van der Waals surface area contributed by atoms with Crippen LogP contribution in [0.25, 0.3) is 0 Å². The lowest BCUT2D eigenvalue weighted by atomic mass is 9.98. The molecule has 0 aromatic carbocycles. The van der Waals surface area contributed by atoms with E-state index in [4.69, 9.17) is 0 Å². The molecule has 2 aliphatic heterocycles. The fourth-order valence-electron chi connectivity index (χ4n) is 3.58. The summed E-state index contributed by atoms with van der Waals surface area (Å²) in [5.41, 5.74) is 0.169. The van der Waals surface area contributed by atoms with Gasteiger partial charge in [0.05, 0.1) is 0 Å². The highest BCUT2D eigenvalue weighted by Crippen LogP contribution is 2.30. The number of nitrogens with zero attached hydrogens (tertiary/aromatic N) is 1. The Kier molecular flexibility index (Phi) is 3.61. The number of aromatic nitrogens is 1. The number of fused-ring (bicyclic) bond motifs is 2. The summed E-state index contributed by atoms with van der Waals surface area (Å²) in [7, 11) is 0. The Morgan fingerprint density at radius 3 is 2.60 bits per heavy atom. The number of rotatable bonds is 3. The third-order valence-electron chi connectivity index (χ3n) is 4.49.